The molecule has 2 rings (SSSR count). The van der Waals surface area contributed by atoms with Crippen molar-refractivity contribution in [2.24, 2.45) is 0 Å². The SMILES string of the molecule is CCC[C@H]1COc2cc(C#N)cc(N)c2N1. The van der Waals surface area contributed by atoms with Crippen molar-refractivity contribution < 1.29 is 4.74 Å². The molecule has 3 N–H and O–H groups in total. The number of nitrogens with zero attached hydrogens (tertiary/aromatic N) is 1. The maximum atomic E-state index is 8.82. The van der Waals surface area contributed by atoms with Gasteiger partial charge in [-0.05, 0) is 12.5 Å². The molecular weight excluding hydrogens is 202 g/mol. The number of nitriles is 1. The predicted octanol–water partition coefficient (Wildman–Crippen LogP) is 2.11. The summed E-state index contributed by atoms with van der Waals surface area (Å²) in [4.78, 5) is 0. The molecule has 4 nitrogen and oxygen atoms in total. The number of benzene rings is 1. The van der Waals surface area contributed by atoms with E-state index >= 15 is 0 Å². The molecule has 0 unspecified atom stereocenters. The molecule has 1 aliphatic rings. The van der Waals surface area contributed by atoms with Gasteiger partial charge in [-0.25, -0.2) is 0 Å². The lowest BCUT2D eigenvalue weighted by Crippen LogP contribution is -2.31. The van der Waals surface area contributed by atoms with Gasteiger partial charge < -0.3 is 15.8 Å². The van der Waals surface area contributed by atoms with E-state index in [1.165, 1.54) is 0 Å². The largest absolute Gasteiger partial charge is 0.489 e. The Morgan fingerprint density at radius 3 is 3.12 bits per heavy atom. The van der Waals surface area contributed by atoms with Gasteiger partial charge in [0, 0.05) is 6.07 Å². The average Bonchev–Trinajstić information content (AvgIpc) is 2.30. The van der Waals surface area contributed by atoms with Gasteiger partial charge in [-0.3, -0.25) is 0 Å². The first-order chi connectivity index (χ1) is 7.74. The van der Waals surface area contributed by atoms with E-state index in [4.69, 9.17) is 15.7 Å². The van der Waals surface area contributed by atoms with Gasteiger partial charge in [0.05, 0.1) is 23.4 Å². The first-order valence-corrected chi connectivity index (χ1v) is 5.47. The Morgan fingerprint density at radius 1 is 1.62 bits per heavy atom. The number of nitrogens with two attached hydrogens (primary N) is 1. The van der Waals surface area contributed by atoms with E-state index in [2.05, 4.69) is 18.3 Å². The second-order valence-electron chi connectivity index (χ2n) is 3.99. The zero-order chi connectivity index (χ0) is 11.5. The molecule has 1 aromatic carbocycles. The van der Waals surface area contributed by atoms with Crippen LogP contribution >= 0.6 is 0 Å². The zero-order valence-corrected chi connectivity index (χ0v) is 9.29. The summed E-state index contributed by atoms with van der Waals surface area (Å²) in [5, 5.41) is 12.2. The lowest BCUT2D eigenvalue weighted by atomic mass is 10.1. The van der Waals surface area contributed by atoms with Crippen LogP contribution in [0.15, 0.2) is 12.1 Å². The van der Waals surface area contributed by atoms with Gasteiger partial charge in [-0.2, -0.15) is 5.26 Å². The standard InChI is InChI=1S/C12H15N3O/c1-2-3-9-7-16-11-5-8(6-13)4-10(14)12(11)15-9/h4-5,9,15H,2-3,7,14H2,1H3/t9-/m0/s1. The van der Waals surface area contributed by atoms with Gasteiger partial charge in [0.2, 0.25) is 0 Å². The van der Waals surface area contributed by atoms with Crippen LogP contribution in [0.2, 0.25) is 0 Å². The van der Waals surface area contributed by atoms with Crippen molar-refractivity contribution >= 4 is 11.4 Å². The van der Waals surface area contributed by atoms with Crippen LogP contribution in [0.4, 0.5) is 11.4 Å². The normalized spacial score (nSPS) is 17.9. The fourth-order valence-electron chi connectivity index (χ4n) is 1.91. The molecule has 84 valence electrons. The summed E-state index contributed by atoms with van der Waals surface area (Å²) in [7, 11) is 0. The summed E-state index contributed by atoms with van der Waals surface area (Å²) in [6.45, 7) is 2.77. The number of fused-ring (bicyclic) bond motifs is 1. The van der Waals surface area contributed by atoms with E-state index in [0.29, 0.717) is 29.6 Å². The van der Waals surface area contributed by atoms with Crippen LogP contribution in [0, 0.1) is 11.3 Å². The molecular formula is C12H15N3O. The molecule has 0 saturated heterocycles. The third-order valence-corrected chi connectivity index (χ3v) is 2.69. The van der Waals surface area contributed by atoms with E-state index in [1.54, 1.807) is 12.1 Å². The predicted molar refractivity (Wildman–Crippen MR) is 63.4 cm³/mol. The Kier molecular flexibility index (Phi) is 2.86. The summed E-state index contributed by atoms with van der Waals surface area (Å²) in [6, 6.07) is 5.77. The molecule has 1 atom stereocenters. The minimum absolute atomic E-state index is 0.313. The first-order valence-electron chi connectivity index (χ1n) is 5.47. The minimum Gasteiger partial charge on any atom is -0.489 e. The summed E-state index contributed by atoms with van der Waals surface area (Å²) in [5.74, 6) is 0.684. The van der Waals surface area contributed by atoms with Gasteiger partial charge in [0.25, 0.3) is 0 Å². The third kappa shape index (κ3) is 1.89. The molecule has 0 bridgehead atoms. The van der Waals surface area contributed by atoms with Gasteiger partial charge in [-0.15, -0.1) is 0 Å². The Balaban J connectivity index is 2.29. The summed E-state index contributed by atoms with van der Waals surface area (Å²) in [6.07, 6.45) is 2.16. The van der Waals surface area contributed by atoms with Crippen LogP contribution in [-0.4, -0.2) is 12.6 Å². The van der Waals surface area contributed by atoms with E-state index in [1.807, 2.05) is 0 Å². The Labute approximate surface area is 95.0 Å². The molecule has 0 amide bonds. The highest BCUT2D eigenvalue weighted by atomic mass is 16.5. The van der Waals surface area contributed by atoms with Crippen molar-refractivity contribution in [3.05, 3.63) is 17.7 Å². The highest BCUT2D eigenvalue weighted by Crippen LogP contribution is 2.36. The van der Waals surface area contributed by atoms with Gasteiger partial charge >= 0.3 is 0 Å². The number of anilines is 2. The maximum absolute atomic E-state index is 8.82. The molecule has 16 heavy (non-hydrogen) atoms. The lowest BCUT2D eigenvalue weighted by molar-refractivity contribution is 0.278. The smallest absolute Gasteiger partial charge is 0.145 e. The average molecular weight is 217 g/mol. The fraction of sp³-hybridized carbons (Fsp3) is 0.417. The summed E-state index contributed by atoms with van der Waals surface area (Å²) >= 11 is 0. The molecule has 0 spiro atoms. The molecule has 0 aromatic heterocycles. The van der Waals surface area contributed by atoms with Crippen LogP contribution in [0.3, 0.4) is 0 Å². The van der Waals surface area contributed by atoms with Crippen molar-refractivity contribution in [2.45, 2.75) is 25.8 Å². The first kappa shape index (κ1) is 10.6. The lowest BCUT2D eigenvalue weighted by Gasteiger charge is -2.28. The topological polar surface area (TPSA) is 71.1 Å². The number of nitrogens with one attached hydrogen (secondary N) is 1. The Morgan fingerprint density at radius 2 is 2.44 bits per heavy atom. The summed E-state index contributed by atoms with van der Waals surface area (Å²) < 4.78 is 5.62. The second-order valence-corrected chi connectivity index (χ2v) is 3.99. The fourth-order valence-corrected chi connectivity index (χ4v) is 1.91. The second kappa shape index (κ2) is 4.31. The van der Waals surface area contributed by atoms with Crippen LogP contribution in [0.5, 0.6) is 5.75 Å². The van der Waals surface area contributed by atoms with E-state index in [9.17, 15) is 0 Å². The van der Waals surface area contributed by atoms with Crippen molar-refractivity contribution in [3.8, 4) is 11.8 Å². The van der Waals surface area contributed by atoms with E-state index in [0.717, 1.165) is 18.5 Å². The number of rotatable bonds is 2. The van der Waals surface area contributed by atoms with Gasteiger partial charge in [0.15, 0.2) is 0 Å². The molecule has 1 aliphatic heterocycles. The van der Waals surface area contributed by atoms with Crippen molar-refractivity contribution in [1.29, 1.82) is 5.26 Å². The highest BCUT2D eigenvalue weighted by Gasteiger charge is 2.20. The molecule has 0 saturated carbocycles. The molecule has 0 radical (unpaired) electrons. The monoisotopic (exact) mass is 217 g/mol. The van der Waals surface area contributed by atoms with Crippen molar-refractivity contribution in [1.82, 2.24) is 0 Å². The Bertz CT molecular complexity index is 437. The molecule has 1 aromatic rings. The van der Waals surface area contributed by atoms with E-state index in [-0.39, 0.29) is 0 Å². The quantitative estimate of drug-likeness (QED) is 0.744. The molecule has 0 fully saturated rings. The number of ether oxygens (including phenoxy) is 1. The van der Waals surface area contributed by atoms with Gasteiger partial charge in [-0.1, -0.05) is 13.3 Å². The number of hydrogen-bond donors (Lipinski definition) is 2. The number of nitrogen functional groups attached to an aromatic ring is 1. The highest BCUT2D eigenvalue weighted by molar-refractivity contribution is 5.76. The van der Waals surface area contributed by atoms with Gasteiger partial charge in [0.1, 0.15) is 18.0 Å². The zero-order valence-electron chi connectivity index (χ0n) is 9.29. The van der Waals surface area contributed by atoms with Crippen LogP contribution < -0.4 is 15.8 Å². The van der Waals surface area contributed by atoms with Crippen LogP contribution in [-0.2, 0) is 0 Å². The van der Waals surface area contributed by atoms with Crippen LogP contribution in [0.1, 0.15) is 25.3 Å². The van der Waals surface area contributed by atoms with Crippen molar-refractivity contribution in [3.63, 3.8) is 0 Å². The minimum atomic E-state index is 0.313. The maximum Gasteiger partial charge on any atom is 0.145 e. The molecule has 0 aliphatic carbocycles. The van der Waals surface area contributed by atoms with Crippen molar-refractivity contribution in [2.75, 3.05) is 17.7 Å². The molecule has 4 heteroatoms. The van der Waals surface area contributed by atoms with E-state index < -0.39 is 0 Å². The third-order valence-electron chi connectivity index (χ3n) is 2.69. The van der Waals surface area contributed by atoms with Crippen LogP contribution in [0.25, 0.3) is 0 Å². The Hall–Kier alpha value is -1.89. The number of hydrogen-bond acceptors (Lipinski definition) is 4. The molecule has 1 heterocycles. The summed E-state index contributed by atoms with van der Waals surface area (Å²) in [5.41, 5.74) is 7.82.